The molecule has 0 saturated heterocycles. The normalized spacial score (nSPS) is 20.3. The predicted octanol–water partition coefficient (Wildman–Crippen LogP) is 3.19. The van der Waals surface area contributed by atoms with Gasteiger partial charge >= 0.3 is 0 Å². The van der Waals surface area contributed by atoms with Crippen LogP contribution in [-0.2, 0) is 17.6 Å². The molecule has 1 N–H and O–H groups in total. The number of fused-ring (bicyclic) bond motifs is 1. The summed E-state index contributed by atoms with van der Waals surface area (Å²) in [5, 5.41) is 3.61. The highest BCUT2D eigenvalue weighted by Gasteiger charge is 2.25. The Morgan fingerprint density at radius 2 is 2.00 bits per heavy atom. The average molecular weight is 261 g/mol. The van der Waals surface area contributed by atoms with Crippen LogP contribution < -0.4 is 5.32 Å². The number of hydrogen-bond acceptors (Lipinski definition) is 2. The van der Waals surface area contributed by atoms with Crippen molar-refractivity contribution in [2.75, 3.05) is 13.2 Å². The zero-order chi connectivity index (χ0) is 13.7. The molecule has 1 aliphatic carbocycles. The number of aryl methyl sites for hydroxylation is 1. The highest BCUT2D eigenvalue weighted by molar-refractivity contribution is 5.30. The highest BCUT2D eigenvalue weighted by Crippen LogP contribution is 2.27. The van der Waals surface area contributed by atoms with Crippen LogP contribution in [0.4, 0.5) is 0 Å². The van der Waals surface area contributed by atoms with Crippen molar-refractivity contribution in [3.05, 3.63) is 35.4 Å². The Bertz CT molecular complexity index is 389. The van der Waals surface area contributed by atoms with Gasteiger partial charge < -0.3 is 10.1 Å². The monoisotopic (exact) mass is 261 g/mol. The summed E-state index contributed by atoms with van der Waals surface area (Å²) >= 11 is 0. The summed E-state index contributed by atoms with van der Waals surface area (Å²) in [5.74, 6) is 0.702. The maximum atomic E-state index is 5.84. The molecule has 106 valence electrons. The zero-order valence-corrected chi connectivity index (χ0v) is 12.5. The van der Waals surface area contributed by atoms with Gasteiger partial charge in [-0.15, -0.1) is 0 Å². The third kappa shape index (κ3) is 4.05. The Kier molecular flexibility index (Phi) is 5.41. The molecule has 0 heterocycles. The molecule has 0 fully saturated rings. The second kappa shape index (κ2) is 7.06. The molecule has 0 aliphatic heterocycles. The fourth-order valence-electron chi connectivity index (χ4n) is 2.99. The molecule has 2 unspecified atom stereocenters. The van der Waals surface area contributed by atoms with Crippen LogP contribution in [0.2, 0.25) is 0 Å². The van der Waals surface area contributed by atoms with Crippen molar-refractivity contribution in [3.63, 3.8) is 0 Å². The summed E-state index contributed by atoms with van der Waals surface area (Å²) in [4.78, 5) is 0. The maximum Gasteiger partial charge on any atom is 0.0625 e. The van der Waals surface area contributed by atoms with E-state index in [1.807, 2.05) is 0 Å². The SMILES string of the molecule is CCNC(COC(C)C)C1CCc2ccccc2C1. The van der Waals surface area contributed by atoms with Crippen LogP contribution in [-0.4, -0.2) is 25.3 Å². The van der Waals surface area contributed by atoms with Gasteiger partial charge in [0.15, 0.2) is 0 Å². The number of benzene rings is 1. The lowest BCUT2D eigenvalue weighted by molar-refractivity contribution is 0.0466. The van der Waals surface area contributed by atoms with E-state index in [9.17, 15) is 0 Å². The lowest BCUT2D eigenvalue weighted by Crippen LogP contribution is -2.42. The van der Waals surface area contributed by atoms with E-state index in [1.165, 1.54) is 24.8 Å². The van der Waals surface area contributed by atoms with Gasteiger partial charge in [0.2, 0.25) is 0 Å². The van der Waals surface area contributed by atoms with Gasteiger partial charge in [0.05, 0.1) is 12.7 Å². The van der Waals surface area contributed by atoms with Crippen LogP contribution in [0.3, 0.4) is 0 Å². The summed E-state index contributed by atoms with van der Waals surface area (Å²) in [6.07, 6.45) is 3.99. The first-order chi connectivity index (χ1) is 9.20. The van der Waals surface area contributed by atoms with E-state index in [1.54, 1.807) is 5.56 Å². The van der Waals surface area contributed by atoms with Crippen LogP contribution in [0.15, 0.2) is 24.3 Å². The first-order valence-corrected chi connectivity index (χ1v) is 7.62. The van der Waals surface area contributed by atoms with Gasteiger partial charge in [-0.05, 0) is 56.7 Å². The minimum absolute atomic E-state index is 0.317. The Hall–Kier alpha value is -0.860. The first kappa shape index (κ1) is 14.5. The van der Waals surface area contributed by atoms with Crippen molar-refractivity contribution in [3.8, 4) is 0 Å². The van der Waals surface area contributed by atoms with Crippen molar-refractivity contribution in [2.24, 2.45) is 5.92 Å². The van der Waals surface area contributed by atoms with Gasteiger partial charge in [-0.25, -0.2) is 0 Å². The number of likely N-dealkylation sites (N-methyl/N-ethyl adjacent to an activating group) is 1. The first-order valence-electron chi connectivity index (χ1n) is 7.62. The molecular formula is C17H27NO. The molecule has 2 heteroatoms. The molecular weight excluding hydrogens is 234 g/mol. The molecule has 1 aromatic carbocycles. The van der Waals surface area contributed by atoms with Crippen molar-refractivity contribution in [1.82, 2.24) is 5.32 Å². The summed E-state index contributed by atoms with van der Waals surface area (Å²) < 4.78 is 5.84. The smallest absolute Gasteiger partial charge is 0.0625 e. The highest BCUT2D eigenvalue weighted by atomic mass is 16.5. The Labute approximate surface area is 117 Å². The number of ether oxygens (including phenoxy) is 1. The number of nitrogens with one attached hydrogen (secondary N) is 1. The van der Waals surface area contributed by atoms with Gasteiger partial charge in [-0.2, -0.15) is 0 Å². The topological polar surface area (TPSA) is 21.3 Å². The van der Waals surface area contributed by atoms with E-state index in [-0.39, 0.29) is 0 Å². The second-order valence-corrected chi connectivity index (χ2v) is 5.82. The van der Waals surface area contributed by atoms with Gasteiger partial charge in [-0.1, -0.05) is 31.2 Å². The van der Waals surface area contributed by atoms with Crippen molar-refractivity contribution < 1.29 is 4.74 Å². The lowest BCUT2D eigenvalue weighted by Gasteiger charge is -2.32. The van der Waals surface area contributed by atoms with E-state index >= 15 is 0 Å². The van der Waals surface area contributed by atoms with Gasteiger partial charge in [-0.3, -0.25) is 0 Å². The number of rotatable bonds is 6. The van der Waals surface area contributed by atoms with Gasteiger partial charge in [0.25, 0.3) is 0 Å². The summed E-state index contributed by atoms with van der Waals surface area (Å²) in [7, 11) is 0. The Morgan fingerprint density at radius 1 is 1.26 bits per heavy atom. The van der Waals surface area contributed by atoms with Crippen LogP contribution in [0.1, 0.15) is 38.3 Å². The molecule has 2 nitrogen and oxygen atoms in total. The van der Waals surface area contributed by atoms with E-state index < -0.39 is 0 Å². The summed E-state index contributed by atoms with van der Waals surface area (Å²) in [6, 6.07) is 9.36. The average Bonchev–Trinajstić information content (AvgIpc) is 2.42. The summed E-state index contributed by atoms with van der Waals surface area (Å²) in [6.45, 7) is 8.25. The predicted molar refractivity (Wildman–Crippen MR) is 80.5 cm³/mol. The quantitative estimate of drug-likeness (QED) is 0.849. The van der Waals surface area contributed by atoms with E-state index in [0.717, 1.165) is 13.2 Å². The minimum Gasteiger partial charge on any atom is -0.377 e. The molecule has 0 spiro atoms. The van der Waals surface area contributed by atoms with Gasteiger partial charge in [0.1, 0.15) is 0 Å². The van der Waals surface area contributed by atoms with Gasteiger partial charge in [0, 0.05) is 6.04 Å². The molecule has 2 rings (SSSR count). The van der Waals surface area contributed by atoms with Crippen LogP contribution >= 0.6 is 0 Å². The van der Waals surface area contributed by atoms with E-state index in [0.29, 0.717) is 18.1 Å². The zero-order valence-electron chi connectivity index (χ0n) is 12.5. The third-order valence-corrected chi connectivity index (χ3v) is 4.03. The fourth-order valence-corrected chi connectivity index (χ4v) is 2.99. The summed E-state index contributed by atoms with van der Waals surface area (Å²) in [5.41, 5.74) is 3.07. The minimum atomic E-state index is 0.317. The molecule has 1 aromatic rings. The number of hydrogen-bond donors (Lipinski definition) is 1. The maximum absolute atomic E-state index is 5.84. The van der Waals surface area contributed by atoms with Crippen LogP contribution in [0.5, 0.6) is 0 Å². The van der Waals surface area contributed by atoms with Crippen LogP contribution in [0.25, 0.3) is 0 Å². The van der Waals surface area contributed by atoms with Crippen molar-refractivity contribution in [1.29, 1.82) is 0 Å². The molecule has 0 aromatic heterocycles. The standard InChI is InChI=1S/C17H27NO/c1-4-18-17(12-19-13(2)3)16-10-9-14-7-5-6-8-15(14)11-16/h5-8,13,16-18H,4,9-12H2,1-3H3. The molecule has 0 amide bonds. The van der Waals surface area contributed by atoms with E-state index in [2.05, 4.69) is 50.4 Å². The Balaban J connectivity index is 1.99. The molecule has 19 heavy (non-hydrogen) atoms. The third-order valence-electron chi connectivity index (χ3n) is 4.03. The largest absolute Gasteiger partial charge is 0.377 e. The molecule has 0 radical (unpaired) electrons. The Morgan fingerprint density at radius 3 is 2.68 bits per heavy atom. The lowest BCUT2D eigenvalue weighted by atomic mass is 9.80. The molecule has 2 atom stereocenters. The molecule has 0 saturated carbocycles. The van der Waals surface area contributed by atoms with Crippen LogP contribution in [0, 0.1) is 5.92 Å². The molecule has 1 aliphatic rings. The fraction of sp³-hybridized carbons (Fsp3) is 0.647. The van der Waals surface area contributed by atoms with Crippen molar-refractivity contribution in [2.45, 2.75) is 52.2 Å². The molecule has 0 bridgehead atoms. The van der Waals surface area contributed by atoms with E-state index in [4.69, 9.17) is 4.74 Å². The second-order valence-electron chi connectivity index (χ2n) is 5.82. The van der Waals surface area contributed by atoms with Crippen molar-refractivity contribution >= 4 is 0 Å².